The van der Waals surface area contributed by atoms with E-state index in [9.17, 15) is 14.9 Å². The zero-order chi connectivity index (χ0) is 19.7. The fourth-order valence-electron chi connectivity index (χ4n) is 3.45. The van der Waals surface area contributed by atoms with E-state index in [0.29, 0.717) is 5.56 Å². The van der Waals surface area contributed by atoms with Crippen molar-refractivity contribution in [1.29, 1.82) is 0 Å². The number of carbonyl (C=O) groups excluding carboxylic acids is 1. The second kappa shape index (κ2) is 7.26. The third kappa shape index (κ3) is 3.64. The Morgan fingerprint density at radius 3 is 2.71 bits per heavy atom. The Kier molecular flexibility index (Phi) is 4.64. The van der Waals surface area contributed by atoms with Gasteiger partial charge in [-0.25, -0.2) is 4.98 Å². The van der Waals surface area contributed by atoms with E-state index in [0.717, 1.165) is 42.7 Å². The van der Waals surface area contributed by atoms with E-state index in [-0.39, 0.29) is 17.6 Å². The molecule has 1 amide bonds. The molecule has 1 saturated heterocycles. The maximum absolute atomic E-state index is 12.3. The van der Waals surface area contributed by atoms with Crippen molar-refractivity contribution < 1.29 is 9.72 Å². The Bertz CT molecular complexity index is 1040. The number of aryl methyl sites for hydroxylation is 1. The molecular formula is C19H20N6O3. The third-order valence-corrected chi connectivity index (χ3v) is 4.99. The molecule has 0 saturated carbocycles. The largest absolute Gasteiger partial charge is 0.356 e. The predicted octanol–water partition coefficient (Wildman–Crippen LogP) is 2.28. The molecule has 9 heteroatoms. The molecule has 0 spiro atoms. The van der Waals surface area contributed by atoms with E-state index in [1.807, 2.05) is 12.1 Å². The number of non-ortho nitro benzene ring substituents is 1. The van der Waals surface area contributed by atoms with Crippen LogP contribution in [0.15, 0.2) is 42.7 Å². The Morgan fingerprint density at radius 1 is 1.25 bits per heavy atom. The summed E-state index contributed by atoms with van der Waals surface area (Å²) in [5.41, 5.74) is 1.36. The first-order valence-electron chi connectivity index (χ1n) is 9.09. The molecule has 1 N–H and O–H groups in total. The molecule has 1 aliphatic heterocycles. The number of pyridine rings is 1. The van der Waals surface area contributed by atoms with Crippen LogP contribution in [0.4, 0.5) is 11.5 Å². The highest BCUT2D eigenvalue weighted by molar-refractivity contribution is 5.93. The highest BCUT2D eigenvalue weighted by Gasteiger charge is 2.22. The summed E-state index contributed by atoms with van der Waals surface area (Å²) in [5, 5.41) is 18.7. The van der Waals surface area contributed by atoms with Crippen LogP contribution in [0.3, 0.4) is 0 Å². The first-order chi connectivity index (χ1) is 13.5. The van der Waals surface area contributed by atoms with Gasteiger partial charge in [-0.1, -0.05) is 0 Å². The average Bonchev–Trinajstić information content (AvgIpc) is 3.14. The fraction of sp³-hybridized carbons (Fsp3) is 0.316. The van der Waals surface area contributed by atoms with Crippen LogP contribution in [0.2, 0.25) is 0 Å². The molecule has 4 rings (SSSR count). The molecule has 2 aromatic heterocycles. The van der Waals surface area contributed by atoms with Crippen LogP contribution in [-0.2, 0) is 7.05 Å². The molecule has 144 valence electrons. The van der Waals surface area contributed by atoms with Gasteiger partial charge in [-0.3, -0.25) is 19.6 Å². The monoisotopic (exact) mass is 380 g/mol. The van der Waals surface area contributed by atoms with Crippen molar-refractivity contribution in [2.45, 2.75) is 18.9 Å². The van der Waals surface area contributed by atoms with Crippen molar-refractivity contribution in [1.82, 2.24) is 20.1 Å². The summed E-state index contributed by atoms with van der Waals surface area (Å²) in [6.45, 7) is 1.56. The van der Waals surface area contributed by atoms with Crippen LogP contribution in [-0.4, -0.2) is 44.7 Å². The molecule has 0 atom stereocenters. The third-order valence-electron chi connectivity index (χ3n) is 4.99. The molecule has 0 aliphatic carbocycles. The molecule has 3 aromatic rings. The Hall–Kier alpha value is -3.49. The van der Waals surface area contributed by atoms with Gasteiger partial charge in [-0.15, -0.1) is 0 Å². The van der Waals surface area contributed by atoms with E-state index in [1.54, 1.807) is 30.2 Å². The number of benzene rings is 1. The van der Waals surface area contributed by atoms with E-state index in [2.05, 4.69) is 20.3 Å². The standard InChI is InChI=1S/C19H20N6O3/c1-23-12-14(11-20-23)19(26)21-15-6-8-24(9-7-15)18-5-2-13-10-16(25(27)28)3-4-17(13)22-18/h2-5,10-12,15H,6-9H2,1H3,(H,21,26). The predicted molar refractivity (Wildman–Crippen MR) is 104 cm³/mol. The van der Waals surface area contributed by atoms with Gasteiger partial charge in [0.1, 0.15) is 5.82 Å². The molecule has 1 fully saturated rings. The van der Waals surface area contributed by atoms with Gasteiger partial charge < -0.3 is 10.2 Å². The van der Waals surface area contributed by atoms with E-state index < -0.39 is 4.92 Å². The Balaban J connectivity index is 1.40. The van der Waals surface area contributed by atoms with E-state index in [1.165, 1.54) is 12.1 Å². The first-order valence-corrected chi connectivity index (χ1v) is 9.09. The average molecular weight is 380 g/mol. The zero-order valence-corrected chi connectivity index (χ0v) is 15.4. The van der Waals surface area contributed by atoms with Gasteiger partial charge in [0.05, 0.1) is 22.2 Å². The number of rotatable bonds is 4. The lowest BCUT2D eigenvalue weighted by molar-refractivity contribution is -0.384. The number of aromatic nitrogens is 3. The van der Waals surface area contributed by atoms with Crippen LogP contribution < -0.4 is 10.2 Å². The van der Waals surface area contributed by atoms with Crippen molar-refractivity contribution in [2.24, 2.45) is 7.05 Å². The molecule has 0 unspecified atom stereocenters. The highest BCUT2D eigenvalue weighted by Crippen LogP contribution is 2.24. The summed E-state index contributed by atoms with van der Waals surface area (Å²) >= 11 is 0. The number of hydrogen-bond donors (Lipinski definition) is 1. The van der Waals surface area contributed by atoms with Crippen molar-refractivity contribution >= 4 is 28.3 Å². The number of carbonyl (C=O) groups is 1. The van der Waals surface area contributed by atoms with Crippen LogP contribution in [0, 0.1) is 10.1 Å². The number of anilines is 1. The molecule has 28 heavy (non-hydrogen) atoms. The lowest BCUT2D eigenvalue weighted by Crippen LogP contribution is -2.44. The van der Waals surface area contributed by atoms with Gasteiger partial charge >= 0.3 is 0 Å². The van der Waals surface area contributed by atoms with Gasteiger partial charge in [-0.05, 0) is 31.0 Å². The van der Waals surface area contributed by atoms with E-state index in [4.69, 9.17) is 0 Å². The number of amides is 1. The van der Waals surface area contributed by atoms with Crippen LogP contribution in [0.1, 0.15) is 23.2 Å². The summed E-state index contributed by atoms with van der Waals surface area (Å²) in [7, 11) is 1.78. The number of piperidine rings is 1. The minimum absolute atomic E-state index is 0.0622. The minimum atomic E-state index is -0.405. The molecular weight excluding hydrogens is 360 g/mol. The van der Waals surface area contributed by atoms with Gasteiger partial charge in [0.15, 0.2) is 0 Å². The van der Waals surface area contributed by atoms with Gasteiger partial charge in [0, 0.05) is 49.9 Å². The second-order valence-electron chi connectivity index (χ2n) is 6.94. The van der Waals surface area contributed by atoms with Gasteiger partial charge in [0.25, 0.3) is 11.6 Å². The fourth-order valence-corrected chi connectivity index (χ4v) is 3.45. The number of nitrogens with zero attached hydrogens (tertiary/aromatic N) is 5. The molecule has 9 nitrogen and oxygen atoms in total. The van der Waals surface area contributed by atoms with Crippen molar-refractivity contribution in [3.05, 3.63) is 58.4 Å². The molecule has 1 aromatic carbocycles. The maximum Gasteiger partial charge on any atom is 0.270 e. The number of nitro groups is 1. The molecule has 0 bridgehead atoms. The first kappa shape index (κ1) is 17.9. The Labute approximate surface area is 161 Å². The van der Waals surface area contributed by atoms with E-state index >= 15 is 0 Å². The number of fused-ring (bicyclic) bond motifs is 1. The lowest BCUT2D eigenvalue weighted by Gasteiger charge is -2.33. The molecule has 1 aliphatic rings. The normalized spacial score (nSPS) is 15.0. The summed E-state index contributed by atoms with van der Waals surface area (Å²) in [4.78, 5) is 29.6. The van der Waals surface area contributed by atoms with Crippen molar-refractivity contribution in [3.8, 4) is 0 Å². The summed E-state index contributed by atoms with van der Waals surface area (Å²) in [6.07, 6.45) is 4.92. The maximum atomic E-state index is 12.3. The van der Waals surface area contributed by atoms with Gasteiger partial charge in [-0.2, -0.15) is 5.10 Å². The minimum Gasteiger partial charge on any atom is -0.356 e. The second-order valence-corrected chi connectivity index (χ2v) is 6.94. The topological polar surface area (TPSA) is 106 Å². The van der Waals surface area contributed by atoms with Crippen LogP contribution in [0.5, 0.6) is 0 Å². The van der Waals surface area contributed by atoms with Crippen molar-refractivity contribution in [3.63, 3.8) is 0 Å². The van der Waals surface area contributed by atoms with Crippen molar-refractivity contribution in [2.75, 3.05) is 18.0 Å². The smallest absolute Gasteiger partial charge is 0.270 e. The summed E-state index contributed by atoms with van der Waals surface area (Å²) in [6, 6.07) is 8.55. The number of nitro benzene ring substituents is 1. The number of nitrogens with one attached hydrogen (secondary N) is 1. The van der Waals surface area contributed by atoms with Gasteiger partial charge in [0.2, 0.25) is 0 Å². The Morgan fingerprint density at radius 2 is 2.04 bits per heavy atom. The van der Waals surface area contributed by atoms with Crippen LogP contribution >= 0.6 is 0 Å². The SMILES string of the molecule is Cn1cc(C(=O)NC2CCN(c3ccc4cc([N+](=O)[O-])ccc4n3)CC2)cn1. The number of hydrogen-bond acceptors (Lipinski definition) is 6. The zero-order valence-electron chi connectivity index (χ0n) is 15.4. The molecule has 3 heterocycles. The highest BCUT2D eigenvalue weighted by atomic mass is 16.6. The summed E-state index contributed by atoms with van der Waals surface area (Å²) < 4.78 is 1.61. The lowest BCUT2D eigenvalue weighted by atomic mass is 10.0. The quantitative estimate of drug-likeness (QED) is 0.550. The van der Waals surface area contributed by atoms with Crippen LogP contribution in [0.25, 0.3) is 10.9 Å². The molecule has 0 radical (unpaired) electrons. The summed E-state index contributed by atoms with van der Waals surface area (Å²) in [5.74, 6) is 0.746.